The SMILES string of the molecule is COC(=O)C(C(=O)OC)c1cc(OC)ccc1C(=O)NC(C)(C)C. The molecule has 0 atom stereocenters. The number of rotatable bonds is 5. The van der Waals surface area contributed by atoms with Crippen LogP contribution in [0.2, 0.25) is 0 Å². The van der Waals surface area contributed by atoms with Gasteiger partial charge in [0.2, 0.25) is 0 Å². The van der Waals surface area contributed by atoms with E-state index in [2.05, 4.69) is 14.8 Å². The molecular weight excluding hydrogens is 314 g/mol. The highest BCUT2D eigenvalue weighted by Gasteiger charge is 2.34. The van der Waals surface area contributed by atoms with E-state index in [0.717, 1.165) is 14.2 Å². The number of esters is 2. The predicted octanol–water partition coefficient (Wildman–Crippen LogP) is 1.65. The van der Waals surface area contributed by atoms with Gasteiger partial charge in [0.1, 0.15) is 5.75 Å². The number of amides is 1. The van der Waals surface area contributed by atoms with Crippen LogP contribution in [0.1, 0.15) is 42.6 Å². The molecule has 0 heterocycles. The summed E-state index contributed by atoms with van der Waals surface area (Å²) >= 11 is 0. The van der Waals surface area contributed by atoms with E-state index in [1.165, 1.54) is 19.2 Å². The Bertz CT molecular complexity index is 616. The number of carbonyl (C=O) groups is 3. The van der Waals surface area contributed by atoms with Crippen LogP contribution in [0.15, 0.2) is 18.2 Å². The van der Waals surface area contributed by atoms with Crippen molar-refractivity contribution in [3.63, 3.8) is 0 Å². The van der Waals surface area contributed by atoms with Crippen molar-refractivity contribution in [1.29, 1.82) is 0 Å². The highest BCUT2D eigenvalue weighted by atomic mass is 16.5. The van der Waals surface area contributed by atoms with E-state index < -0.39 is 29.3 Å². The Balaban J connectivity index is 3.48. The lowest BCUT2D eigenvalue weighted by Gasteiger charge is -2.23. The Hall–Kier alpha value is -2.57. The Morgan fingerprint density at radius 2 is 1.54 bits per heavy atom. The van der Waals surface area contributed by atoms with Crippen molar-refractivity contribution >= 4 is 17.8 Å². The molecule has 0 unspecified atom stereocenters. The van der Waals surface area contributed by atoms with Gasteiger partial charge in [-0.3, -0.25) is 14.4 Å². The molecule has 1 aromatic rings. The number of ether oxygens (including phenoxy) is 3. The van der Waals surface area contributed by atoms with Crippen LogP contribution in [-0.2, 0) is 19.1 Å². The molecule has 0 saturated heterocycles. The molecule has 0 aromatic heterocycles. The van der Waals surface area contributed by atoms with Crippen LogP contribution < -0.4 is 10.1 Å². The first-order valence-electron chi connectivity index (χ1n) is 7.30. The Morgan fingerprint density at radius 3 is 1.96 bits per heavy atom. The van der Waals surface area contributed by atoms with Gasteiger partial charge in [-0.15, -0.1) is 0 Å². The average Bonchev–Trinajstić information content (AvgIpc) is 2.52. The summed E-state index contributed by atoms with van der Waals surface area (Å²) in [5.74, 6) is -3.04. The Kier molecular flexibility index (Phi) is 6.34. The molecule has 0 aliphatic carbocycles. The minimum absolute atomic E-state index is 0.162. The normalized spacial score (nSPS) is 11.0. The molecule has 0 aliphatic rings. The molecule has 1 amide bonds. The van der Waals surface area contributed by atoms with Crippen molar-refractivity contribution in [1.82, 2.24) is 5.32 Å². The maximum atomic E-state index is 12.6. The molecule has 132 valence electrons. The smallest absolute Gasteiger partial charge is 0.324 e. The fourth-order valence-corrected chi connectivity index (χ4v) is 2.11. The largest absolute Gasteiger partial charge is 0.497 e. The van der Waals surface area contributed by atoms with E-state index in [9.17, 15) is 14.4 Å². The maximum absolute atomic E-state index is 12.6. The van der Waals surface area contributed by atoms with E-state index in [-0.39, 0.29) is 11.1 Å². The molecule has 0 saturated carbocycles. The minimum atomic E-state index is -1.38. The van der Waals surface area contributed by atoms with Crippen LogP contribution in [0.4, 0.5) is 0 Å². The molecule has 0 bridgehead atoms. The minimum Gasteiger partial charge on any atom is -0.497 e. The van der Waals surface area contributed by atoms with E-state index in [4.69, 9.17) is 4.74 Å². The highest BCUT2D eigenvalue weighted by molar-refractivity contribution is 6.05. The average molecular weight is 337 g/mol. The van der Waals surface area contributed by atoms with Crippen molar-refractivity contribution in [2.24, 2.45) is 0 Å². The van der Waals surface area contributed by atoms with Crippen LogP contribution in [0.3, 0.4) is 0 Å². The van der Waals surface area contributed by atoms with Crippen molar-refractivity contribution in [3.8, 4) is 5.75 Å². The second-order valence-corrected chi connectivity index (χ2v) is 6.14. The molecule has 24 heavy (non-hydrogen) atoms. The Morgan fingerprint density at radius 1 is 1.00 bits per heavy atom. The lowest BCUT2D eigenvalue weighted by molar-refractivity contribution is -0.154. The summed E-state index contributed by atoms with van der Waals surface area (Å²) in [4.78, 5) is 36.7. The lowest BCUT2D eigenvalue weighted by Crippen LogP contribution is -2.41. The first-order valence-corrected chi connectivity index (χ1v) is 7.30. The molecular formula is C17H23NO6. The number of benzene rings is 1. The van der Waals surface area contributed by atoms with Crippen LogP contribution in [0, 0.1) is 0 Å². The van der Waals surface area contributed by atoms with Crippen LogP contribution >= 0.6 is 0 Å². The van der Waals surface area contributed by atoms with E-state index in [1.54, 1.807) is 6.07 Å². The Labute approximate surface area is 141 Å². The van der Waals surface area contributed by atoms with Crippen LogP contribution in [0.5, 0.6) is 5.75 Å². The third kappa shape index (κ3) is 4.71. The summed E-state index contributed by atoms with van der Waals surface area (Å²) in [6, 6.07) is 4.52. The molecule has 7 heteroatoms. The van der Waals surface area contributed by atoms with Gasteiger partial charge in [0.15, 0.2) is 5.92 Å². The van der Waals surface area contributed by atoms with Gasteiger partial charge in [0.25, 0.3) is 5.91 Å². The first kappa shape index (κ1) is 19.5. The molecule has 0 radical (unpaired) electrons. The predicted molar refractivity (Wildman–Crippen MR) is 87.0 cm³/mol. The zero-order valence-electron chi connectivity index (χ0n) is 14.8. The molecule has 1 rings (SSSR count). The van der Waals surface area contributed by atoms with Gasteiger partial charge in [-0.05, 0) is 44.5 Å². The van der Waals surface area contributed by atoms with Crippen molar-refractivity contribution < 1.29 is 28.6 Å². The van der Waals surface area contributed by atoms with Crippen molar-refractivity contribution in [2.45, 2.75) is 32.2 Å². The number of nitrogens with one attached hydrogen (secondary N) is 1. The monoisotopic (exact) mass is 337 g/mol. The fourth-order valence-electron chi connectivity index (χ4n) is 2.11. The van der Waals surface area contributed by atoms with Crippen molar-refractivity contribution in [2.75, 3.05) is 21.3 Å². The summed E-state index contributed by atoms with van der Waals surface area (Å²) < 4.78 is 14.5. The zero-order valence-corrected chi connectivity index (χ0v) is 14.8. The molecule has 0 fully saturated rings. The summed E-state index contributed by atoms with van der Waals surface area (Å²) in [6.07, 6.45) is 0. The number of hydrogen-bond donors (Lipinski definition) is 1. The van der Waals surface area contributed by atoms with Gasteiger partial charge < -0.3 is 19.5 Å². The third-order valence-corrected chi connectivity index (χ3v) is 3.18. The second-order valence-electron chi connectivity index (χ2n) is 6.14. The quantitative estimate of drug-likeness (QED) is 0.649. The summed E-state index contributed by atoms with van der Waals surface area (Å²) in [7, 11) is 3.76. The fraction of sp³-hybridized carbons (Fsp3) is 0.471. The topological polar surface area (TPSA) is 90.9 Å². The van der Waals surface area contributed by atoms with Gasteiger partial charge in [-0.2, -0.15) is 0 Å². The van der Waals surface area contributed by atoms with Gasteiger partial charge in [-0.1, -0.05) is 0 Å². The molecule has 1 N–H and O–H groups in total. The van der Waals surface area contributed by atoms with Gasteiger partial charge in [0.05, 0.1) is 21.3 Å². The summed E-state index contributed by atoms with van der Waals surface area (Å²) in [5, 5.41) is 2.80. The van der Waals surface area contributed by atoms with Crippen LogP contribution in [0.25, 0.3) is 0 Å². The summed E-state index contributed by atoms with van der Waals surface area (Å²) in [6.45, 7) is 5.48. The molecule has 0 aliphatic heterocycles. The zero-order chi connectivity index (χ0) is 18.5. The number of hydrogen-bond acceptors (Lipinski definition) is 6. The van der Waals surface area contributed by atoms with Gasteiger partial charge in [-0.25, -0.2) is 0 Å². The van der Waals surface area contributed by atoms with Crippen LogP contribution in [-0.4, -0.2) is 44.7 Å². The lowest BCUT2D eigenvalue weighted by atomic mass is 9.92. The molecule has 7 nitrogen and oxygen atoms in total. The highest BCUT2D eigenvalue weighted by Crippen LogP contribution is 2.28. The second kappa shape index (κ2) is 7.81. The van der Waals surface area contributed by atoms with E-state index >= 15 is 0 Å². The van der Waals surface area contributed by atoms with E-state index in [0.29, 0.717) is 5.75 Å². The maximum Gasteiger partial charge on any atom is 0.324 e. The van der Waals surface area contributed by atoms with Gasteiger partial charge in [0, 0.05) is 11.1 Å². The van der Waals surface area contributed by atoms with Gasteiger partial charge >= 0.3 is 11.9 Å². The first-order chi connectivity index (χ1) is 11.1. The van der Waals surface area contributed by atoms with E-state index in [1.807, 2.05) is 20.8 Å². The standard InChI is InChI=1S/C17H23NO6/c1-17(2,3)18-14(19)11-8-7-10(22-4)9-12(11)13(15(20)23-5)16(21)24-6/h7-9,13H,1-6H3,(H,18,19). The van der Waals surface area contributed by atoms with Crippen molar-refractivity contribution in [3.05, 3.63) is 29.3 Å². The summed E-state index contributed by atoms with van der Waals surface area (Å²) in [5.41, 5.74) is -0.151. The number of carbonyl (C=O) groups excluding carboxylic acids is 3. The number of methoxy groups -OCH3 is 3. The molecule has 0 spiro atoms. The third-order valence-electron chi connectivity index (χ3n) is 3.18. The molecule has 1 aromatic carbocycles.